The first-order chi connectivity index (χ1) is 37.7. The van der Waals surface area contributed by atoms with Crippen LogP contribution in [0.15, 0.2) is 303 Å². The van der Waals surface area contributed by atoms with E-state index in [-0.39, 0.29) is 0 Å². The van der Waals surface area contributed by atoms with Crippen LogP contribution in [-0.4, -0.2) is 25.3 Å². The maximum atomic E-state index is 2.56. The second kappa shape index (κ2) is 17.7. The minimum Gasteiger partial charge on any atom is -0.309 e. The molecule has 14 aromatic rings. The minimum absolute atomic E-state index is 1.12. The molecule has 3 heterocycles. The van der Waals surface area contributed by atoms with E-state index in [1.807, 2.05) is 0 Å². The second-order valence-electron chi connectivity index (χ2n) is 20.3. The van der Waals surface area contributed by atoms with E-state index in [1.165, 1.54) is 107 Å². The average Bonchev–Trinajstić information content (AvgIpc) is 4.19. The first-order valence-corrected chi connectivity index (χ1v) is 30.4. The number of para-hydroxylation sites is 3. The molecule has 0 saturated carbocycles. The van der Waals surface area contributed by atoms with Crippen LogP contribution in [0.4, 0.5) is 0 Å². The van der Waals surface area contributed by atoms with Crippen LogP contribution in [0.1, 0.15) is 0 Å². The summed E-state index contributed by atoms with van der Waals surface area (Å²) in [5, 5.41) is 16.0. The Labute approximate surface area is 444 Å². The van der Waals surface area contributed by atoms with Crippen LogP contribution in [0.2, 0.25) is 0 Å². The molecule has 0 aliphatic carbocycles. The molecule has 1 aliphatic heterocycles. The van der Waals surface area contributed by atoms with Crippen LogP contribution in [-0.2, 0) is 0 Å². The van der Waals surface area contributed by atoms with Crippen molar-refractivity contribution in [3.63, 3.8) is 0 Å². The van der Waals surface area contributed by atoms with Crippen molar-refractivity contribution in [2.75, 3.05) is 0 Å². The Morgan fingerprint density at radius 3 is 1.32 bits per heavy atom. The van der Waals surface area contributed by atoms with Gasteiger partial charge in [-0.05, 0) is 94.6 Å². The molecule has 0 radical (unpaired) electrons. The van der Waals surface area contributed by atoms with Crippen LogP contribution in [0.3, 0.4) is 0 Å². The topological polar surface area (TPSA) is 9.86 Å². The van der Waals surface area contributed by atoms with E-state index in [1.54, 1.807) is 0 Å². The van der Waals surface area contributed by atoms with E-state index < -0.39 is 16.1 Å². The van der Waals surface area contributed by atoms with Crippen LogP contribution < -0.4 is 41.5 Å². The highest BCUT2D eigenvalue weighted by Crippen LogP contribution is 2.42. The van der Waals surface area contributed by atoms with Gasteiger partial charge in [0, 0.05) is 38.5 Å². The molecule has 0 amide bonds. The van der Waals surface area contributed by atoms with Crippen LogP contribution in [0.25, 0.3) is 77.2 Å². The van der Waals surface area contributed by atoms with Crippen LogP contribution in [0.5, 0.6) is 0 Å². The van der Waals surface area contributed by atoms with E-state index in [2.05, 4.69) is 312 Å². The first-order valence-electron chi connectivity index (χ1n) is 26.4. The van der Waals surface area contributed by atoms with Crippen molar-refractivity contribution in [1.82, 2.24) is 9.13 Å². The van der Waals surface area contributed by atoms with Gasteiger partial charge in [-0.2, -0.15) is 0 Å². The lowest BCUT2D eigenvalue weighted by Gasteiger charge is -2.34. The fourth-order valence-electron chi connectivity index (χ4n) is 13.6. The van der Waals surface area contributed by atoms with Crippen molar-refractivity contribution in [2.45, 2.75) is 0 Å². The largest absolute Gasteiger partial charge is 0.309 e. The van der Waals surface area contributed by atoms with Gasteiger partial charge in [0.1, 0.15) is 0 Å². The Morgan fingerprint density at radius 2 is 0.684 bits per heavy atom. The summed E-state index contributed by atoms with van der Waals surface area (Å²) in [5.74, 6) is 0. The maximum absolute atomic E-state index is 2.87. The smallest absolute Gasteiger partial charge is 0.181 e. The molecular weight excluding hydrogens is 949 g/mol. The molecule has 1 aliphatic rings. The molecule has 0 fully saturated rings. The van der Waals surface area contributed by atoms with Gasteiger partial charge in [0.2, 0.25) is 0 Å². The molecule has 0 saturated heterocycles. The molecule has 0 spiro atoms. The van der Waals surface area contributed by atoms with E-state index >= 15 is 0 Å². The van der Waals surface area contributed by atoms with Gasteiger partial charge in [-0.25, -0.2) is 0 Å². The fourth-order valence-corrected chi connectivity index (χ4v) is 23.7. The van der Waals surface area contributed by atoms with Gasteiger partial charge in [-0.3, -0.25) is 0 Å². The summed E-state index contributed by atoms with van der Waals surface area (Å²) in [6, 6.07) is 114. The standard InChI is InChI=1S/C72H50N2Si2/c1-6-26-53(27-7-1)75(54-28-8-2-9-29-54,55-30-10-3-11-31-55)58-36-22-25-51(49-58)73-67-44-19-16-37-59(67)61-48-47-52(50-69(61)73)74-68-45-20-17-38-60(68)63-40-23-41-64(71(63)74)66-43-24-42-65-62-39-18-21-46-70(62)76(72(65)66,56-32-12-4-13-33-56)57-34-14-5-15-35-57/h1-50H. The number of hydrogen-bond donors (Lipinski definition) is 0. The summed E-state index contributed by atoms with van der Waals surface area (Å²) >= 11 is 0. The summed E-state index contributed by atoms with van der Waals surface area (Å²) in [6.07, 6.45) is 0. The molecule has 0 unspecified atom stereocenters. The third kappa shape index (κ3) is 6.38. The molecule has 12 aromatic carbocycles. The Balaban J connectivity index is 0.999. The van der Waals surface area contributed by atoms with Gasteiger partial charge in [0.15, 0.2) is 16.1 Å². The number of nitrogens with zero attached hydrogens (tertiary/aromatic N) is 2. The zero-order chi connectivity index (χ0) is 50.2. The molecule has 15 rings (SSSR count). The van der Waals surface area contributed by atoms with Gasteiger partial charge in [0.25, 0.3) is 0 Å². The van der Waals surface area contributed by atoms with Crippen LogP contribution in [0, 0.1) is 0 Å². The van der Waals surface area contributed by atoms with E-state index in [9.17, 15) is 0 Å². The third-order valence-corrected chi connectivity index (χ3v) is 26.2. The molecule has 4 heteroatoms. The summed E-state index contributed by atoms with van der Waals surface area (Å²) in [4.78, 5) is 0. The average molecular weight is 999 g/mol. The number of hydrogen-bond acceptors (Lipinski definition) is 0. The highest BCUT2D eigenvalue weighted by molar-refractivity contribution is 7.23. The normalized spacial score (nSPS) is 12.8. The summed E-state index contributed by atoms with van der Waals surface area (Å²) in [6.45, 7) is 0. The lowest BCUT2D eigenvalue weighted by atomic mass is 9.97. The Hall–Kier alpha value is -9.33. The second-order valence-corrected chi connectivity index (χ2v) is 27.8. The van der Waals surface area contributed by atoms with E-state index in [4.69, 9.17) is 0 Å². The van der Waals surface area contributed by atoms with Crippen LogP contribution >= 0.6 is 0 Å². The third-order valence-electron chi connectivity index (χ3n) is 16.5. The van der Waals surface area contributed by atoms with E-state index in [0.29, 0.717) is 0 Å². The number of fused-ring (bicyclic) bond motifs is 9. The molecule has 0 bridgehead atoms. The fraction of sp³-hybridized carbons (Fsp3) is 0. The monoisotopic (exact) mass is 998 g/mol. The van der Waals surface area contributed by atoms with E-state index in [0.717, 1.165) is 11.4 Å². The van der Waals surface area contributed by atoms with Gasteiger partial charge in [0.05, 0.1) is 22.1 Å². The Morgan fingerprint density at radius 1 is 0.263 bits per heavy atom. The van der Waals surface area contributed by atoms with Crippen molar-refractivity contribution in [3.05, 3.63) is 303 Å². The number of benzene rings is 12. The molecule has 0 atom stereocenters. The first kappa shape index (κ1) is 44.2. The molecule has 356 valence electrons. The lowest BCUT2D eigenvalue weighted by Crippen LogP contribution is -2.74. The van der Waals surface area contributed by atoms with Crippen molar-refractivity contribution < 1.29 is 0 Å². The quantitative estimate of drug-likeness (QED) is 0.101. The predicted molar refractivity (Wildman–Crippen MR) is 327 cm³/mol. The molecule has 0 N–H and O–H groups in total. The summed E-state index contributed by atoms with van der Waals surface area (Å²) in [5.41, 5.74) is 12.2. The molecule has 2 nitrogen and oxygen atoms in total. The molecule has 76 heavy (non-hydrogen) atoms. The van der Waals surface area contributed by atoms with Gasteiger partial charge >= 0.3 is 0 Å². The highest BCUT2D eigenvalue weighted by atomic mass is 28.3. The zero-order valence-corrected chi connectivity index (χ0v) is 43.8. The van der Waals surface area contributed by atoms with Crippen molar-refractivity contribution in [1.29, 1.82) is 0 Å². The summed E-state index contributed by atoms with van der Waals surface area (Å²) in [7, 11) is -5.70. The van der Waals surface area contributed by atoms with Gasteiger partial charge in [-0.15, -0.1) is 0 Å². The number of aromatic nitrogens is 2. The highest BCUT2D eigenvalue weighted by Gasteiger charge is 2.50. The predicted octanol–water partition coefficient (Wildman–Crippen LogP) is 12.3. The minimum atomic E-state index is -2.87. The van der Waals surface area contributed by atoms with Gasteiger partial charge in [-0.1, -0.05) is 267 Å². The number of rotatable bonds is 9. The molecule has 2 aromatic heterocycles. The lowest BCUT2D eigenvalue weighted by molar-refractivity contribution is 1.16. The Bertz CT molecular complexity index is 4370. The van der Waals surface area contributed by atoms with Crippen molar-refractivity contribution >= 4 is 101 Å². The zero-order valence-electron chi connectivity index (χ0n) is 41.8. The van der Waals surface area contributed by atoms with Crippen molar-refractivity contribution in [2.24, 2.45) is 0 Å². The maximum Gasteiger partial charge on any atom is 0.181 e. The SMILES string of the molecule is c1ccc([Si](c2ccccc2)(c2ccccc2)c2cccc(-n3c4ccccc4c4ccc(-n5c6ccccc6c6cccc(-c7cccc8c7[Si](c7ccccc7)(c7ccccc7)c7ccccc7-8)c65)cc43)c2)cc1. The Kier molecular flexibility index (Phi) is 10.3. The summed E-state index contributed by atoms with van der Waals surface area (Å²) < 4.78 is 5.08. The van der Waals surface area contributed by atoms with Crippen molar-refractivity contribution in [3.8, 4) is 33.6 Å². The van der Waals surface area contributed by atoms with Gasteiger partial charge < -0.3 is 9.13 Å². The molecular formula is C72H50N2Si2.